The summed E-state index contributed by atoms with van der Waals surface area (Å²) in [5.41, 5.74) is 1.11. The Morgan fingerprint density at radius 3 is 2.82 bits per heavy atom. The summed E-state index contributed by atoms with van der Waals surface area (Å²) >= 11 is 0. The minimum Gasteiger partial charge on any atom is -0.492 e. The van der Waals surface area contributed by atoms with Crippen LogP contribution in [0.4, 0.5) is 0 Å². The van der Waals surface area contributed by atoms with Crippen LogP contribution in [0.5, 0.6) is 5.75 Å². The van der Waals surface area contributed by atoms with Crippen LogP contribution in [-0.4, -0.2) is 85.0 Å². The normalized spacial score (nSPS) is 27.5. The first-order valence-corrected chi connectivity index (χ1v) is 10.4. The number of carbonyl (C=O) groups is 1. The first-order chi connectivity index (χ1) is 13.7. The number of para-hydroxylation sites is 1. The molecule has 0 radical (unpaired) electrons. The third-order valence-electron chi connectivity index (χ3n) is 6.06. The molecule has 0 aliphatic carbocycles. The molecular formula is C21H31N3O4. The van der Waals surface area contributed by atoms with Gasteiger partial charge in [0.1, 0.15) is 12.4 Å². The van der Waals surface area contributed by atoms with Gasteiger partial charge in [-0.1, -0.05) is 18.2 Å². The van der Waals surface area contributed by atoms with E-state index in [9.17, 15) is 9.90 Å². The number of benzene rings is 1. The predicted molar refractivity (Wildman–Crippen MR) is 105 cm³/mol. The second-order valence-electron chi connectivity index (χ2n) is 8.04. The van der Waals surface area contributed by atoms with Gasteiger partial charge in [0, 0.05) is 51.0 Å². The van der Waals surface area contributed by atoms with Crippen molar-refractivity contribution in [3.63, 3.8) is 0 Å². The van der Waals surface area contributed by atoms with Crippen molar-refractivity contribution >= 4 is 5.91 Å². The molecule has 7 heteroatoms. The fourth-order valence-electron chi connectivity index (χ4n) is 4.46. The summed E-state index contributed by atoms with van der Waals surface area (Å²) in [7, 11) is 0. The van der Waals surface area contributed by atoms with E-state index in [0.29, 0.717) is 45.2 Å². The Balaban J connectivity index is 1.31. The molecule has 2 fully saturated rings. The molecule has 3 aliphatic heterocycles. The van der Waals surface area contributed by atoms with Gasteiger partial charge in [-0.15, -0.1) is 0 Å². The Morgan fingerprint density at radius 1 is 1.14 bits per heavy atom. The number of hydrogen-bond donors (Lipinski definition) is 2. The minimum atomic E-state index is -0.478. The maximum atomic E-state index is 12.7. The minimum absolute atomic E-state index is 0.0303. The standard InChI is InChI=1S/C21H31N3O4/c25-19-5-8-24(17-6-10-27-11-7-17)14-18(19)22-21(26)15-23-9-12-28-20-4-2-1-3-16(20)13-23/h1-4,17-19,25H,5-15H2,(H,22,26)/t18-,19+/m1/s1. The Hall–Kier alpha value is -1.67. The molecule has 1 aromatic carbocycles. The smallest absolute Gasteiger partial charge is 0.234 e. The maximum Gasteiger partial charge on any atom is 0.234 e. The van der Waals surface area contributed by atoms with E-state index < -0.39 is 6.10 Å². The number of carbonyl (C=O) groups excluding carboxylic acids is 1. The number of piperidine rings is 1. The van der Waals surface area contributed by atoms with E-state index in [-0.39, 0.29) is 11.9 Å². The molecule has 0 aromatic heterocycles. The highest BCUT2D eigenvalue weighted by Gasteiger charge is 2.33. The van der Waals surface area contributed by atoms with Gasteiger partial charge < -0.3 is 19.9 Å². The molecule has 4 rings (SSSR count). The number of fused-ring (bicyclic) bond motifs is 1. The zero-order chi connectivity index (χ0) is 19.3. The first-order valence-electron chi connectivity index (χ1n) is 10.4. The van der Waals surface area contributed by atoms with Crippen LogP contribution in [0.3, 0.4) is 0 Å². The van der Waals surface area contributed by atoms with Crippen molar-refractivity contribution in [1.29, 1.82) is 0 Å². The average Bonchev–Trinajstić information content (AvgIpc) is 2.92. The number of amides is 1. The summed E-state index contributed by atoms with van der Waals surface area (Å²) in [6, 6.07) is 8.27. The van der Waals surface area contributed by atoms with Gasteiger partial charge in [0.25, 0.3) is 0 Å². The van der Waals surface area contributed by atoms with Gasteiger partial charge in [-0.3, -0.25) is 14.6 Å². The summed E-state index contributed by atoms with van der Waals surface area (Å²) in [4.78, 5) is 17.2. The lowest BCUT2D eigenvalue weighted by atomic mass is 9.97. The lowest BCUT2D eigenvalue weighted by molar-refractivity contribution is -0.125. The number of likely N-dealkylation sites (tertiary alicyclic amines) is 1. The lowest BCUT2D eigenvalue weighted by Gasteiger charge is -2.42. The summed E-state index contributed by atoms with van der Waals surface area (Å²) in [6.07, 6.45) is 2.29. The molecule has 2 N–H and O–H groups in total. The van der Waals surface area contributed by atoms with Crippen molar-refractivity contribution in [3.05, 3.63) is 29.8 Å². The number of rotatable bonds is 4. The Morgan fingerprint density at radius 2 is 1.96 bits per heavy atom. The average molecular weight is 389 g/mol. The Labute approximate surface area is 166 Å². The monoisotopic (exact) mass is 389 g/mol. The number of nitrogens with one attached hydrogen (secondary N) is 1. The molecule has 2 saturated heterocycles. The fourth-order valence-corrected chi connectivity index (χ4v) is 4.46. The molecule has 0 spiro atoms. The molecule has 3 heterocycles. The first kappa shape index (κ1) is 19.6. The van der Waals surface area contributed by atoms with E-state index in [4.69, 9.17) is 9.47 Å². The van der Waals surface area contributed by atoms with E-state index in [1.54, 1.807) is 0 Å². The summed E-state index contributed by atoms with van der Waals surface area (Å²) in [6.45, 7) is 5.51. The predicted octanol–water partition coefficient (Wildman–Crippen LogP) is 0.611. The van der Waals surface area contributed by atoms with Crippen LogP contribution in [0, 0.1) is 0 Å². The van der Waals surface area contributed by atoms with Crippen molar-refractivity contribution in [2.75, 3.05) is 46.0 Å². The van der Waals surface area contributed by atoms with Crippen LogP contribution in [-0.2, 0) is 16.1 Å². The topological polar surface area (TPSA) is 74.3 Å². The Bertz CT molecular complexity index is 665. The van der Waals surface area contributed by atoms with Gasteiger partial charge in [0.05, 0.1) is 18.7 Å². The van der Waals surface area contributed by atoms with Crippen LogP contribution in [0.25, 0.3) is 0 Å². The van der Waals surface area contributed by atoms with Crippen LogP contribution < -0.4 is 10.1 Å². The SMILES string of the molecule is O=C(CN1CCOc2ccccc2C1)N[C@@H]1CN(C2CCOCC2)CC[C@@H]1O. The number of aliphatic hydroxyl groups is 1. The highest BCUT2D eigenvalue weighted by atomic mass is 16.5. The molecule has 2 atom stereocenters. The van der Waals surface area contributed by atoms with Gasteiger partial charge >= 0.3 is 0 Å². The van der Waals surface area contributed by atoms with Crippen molar-refractivity contribution in [3.8, 4) is 5.75 Å². The van der Waals surface area contributed by atoms with Crippen LogP contribution >= 0.6 is 0 Å². The molecule has 1 amide bonds. The van der Waals surface area contributed by atoms with Gasteiger partial charge in [-0.05, 0) is 25.3 Å². The van der Waals surface area contributed by atoms with E-state index >= 15 is 0 Å². The van der Waals surface area contributed by atoms with Gasteiger partial charge in [-0.25, -0.2) is 0 Å². The molecule has 3 aliphatic rings. The number of aliphatic hydroxyl groups excluding tert-OH is 1. The van der Waals surface area contributed by atoms with E-state index in [0.717, 1.165) is 43.9 Å². The fraction of sp³-hybridized carbons (Fsp3) is 0.667. The van der Waals surface area contributed by atoms with Crippen molar-refractivity contribution in [1.82, 2.24) is 15.1 Å². The zero-order valence-electron chi connectivity index (χ0n) is 16.4. The molecule has 154 valence electrons. The quantitative estimate of drug-likeness (QED) is 0.786. The molecule has 0 saturated carbocycles. The summed E-state index contributed by atoms with van der Waals surface area (Å²) in [5.74, 6) is 0.873. The van der Waals surface area contributed by atoms with Crippen molar-refractivity contribution in [2.45, 2.75) is 44.0 Å². The van der Waals surface area contributed by atoms with Crippen molar-refractivity contribution < 1.29 is 19.4 Å². The van der Waals surface area contributed by atoms with Crippen LogP contribution in [0.1, 0.15) is 24.8 Å². The number of nitrogens with zero attached hydrogens (tertiary/aromatic N) is 2. The van der Waals surface area contributed by atoms with E-state index in [1.165, 1.54) is 0 Å². The molecule has 0 unspecified atom stereocenters. The second kappa shape index (κ2) is 9.22. The third kappa shape index (κ3) is 4.84. The molecule has 7 nitrogen and oxygen atoms in total. The van der Waals surface area contributed by atoms with E-state index in [1.807, 2.05) is 24.3 Å². The summed E-state index contributed by atoms with van der Waals surface area (Å²) < 4.78 is 11.2. The third-order valence-corrected chi connectivity index (χ3v) is 6.06. The van der Waals surface area contributed by atoms with Gasteiger partial charge in [0.15, 0.2) is 0 Å². The van der Waals surface area contributed by atoms with Gasteiger partial charge in [-0.2, -0.15) is 0 Å². The van der Waals surface area contributed by atoms with E-state index in [2.05, 4.69) is 15.1 Å². The highest BCUT2D eigenvalue weighted by Crippen LogP contribution is 2.23. The largest absolute Gasteiger partial charge is 0.492 e. The second-order valence-corrected chi connectivity index (χ2v) is 8.04. The molecule has 28 heavy (non-hydrogen) atoms. The molecule has 1 aromatic rings. The summed E-state index contributed by atoms with van der Waals surface area (Å²) in [5, 5.41) is 13.5. The van der Waals surface area contributed by atoms with Crippen LogP contribution in [0.2, 0.25) is 0 Å². The lowest BCUT2D eigenvalue weighted by Crippen LogP contribution is -2.58. The van der Waals surface area contributed by atoms with Crippen LogP contribution in [0.15, 0.2) is 24.3 Å². The maximum absolute atomic E-state index is 12.7. The zero-order valence-corrected chi connectivity index (χ0v) is 16.4. The van der Waals surface area contributed by atoms with Crippen molar-refractivity contribution in [2.24, 2.45) is 0 Å². The number of hydrogen-bond acceptors (Lipinski definition) is 6. The Kier molecular flexibility index (Phi) is 6.47. The molecular weight excluding hydrogens is 358 g/mol. The molecule has 0 bridgehead atoms. The highest BCUT2D eigenvalue weighted by molar-refractivity contribution is 5.78. The number of ether oxygens (including phenoxy) is 2. The van der Waals surface area contributed by atoms with Gasteiger partial charge in [0.2, 0.25) is 5.91 Å².